The van der Waals surface area contributed by atoms with Crippen LogP contribution in [0, 0.1) is 13.0 Å². The van der Waals surface area contributed by atoms with Crippen LogP contribution in [0.2, 0.25) is 0 Å². The number of aromatic nitrogens is 1. The van der Waals surface area contributed by atoms with Gasteiger partial charge >= 0.3 is 0 Å². The zero-order valence-corrected chi connectivity index (χ0v) is 15.4. The zero-order valence-electron chi connectivity index (χ0n) is 12.6. The van der Waals surface area contributed by atoms with Crippen molar-refractivity contribution in [3.8, 4) is 17.0 Å². The van der Waals surface area contributed by atoms with Crippen molar-refractivity contribution in [1.82, 2.24) is 4.57 Å². The standard InChI is InChI=1S/C16H18NO3.Y/c1-12-4-9-15(17(2)16(12)18)13-5-7-14(8-6-13)20-11-10-19-3;/h4-8H,10-11H2,1-3H3;/q-1;. The third kappa shape index (κ3) is 4.50. The second-order valence-electron chi connectivity index (χ2n) is 4.55. The first-order chi connectivity index (χ1) is 9.63. The molecule has 0 amide bonds. The van der Waals surface area contributed by atoms with Gasteiger partial charge in [-0.15, -0.1) is 12.1 Å². The van der Waals surface area contributed by atoms with Crippen molar-refractivity contribution >= 4 is 0 Å². The molecule has 0 N–H and O–H groups in total. The minimum Gasteiger partial charge on any atom is -0.491 e. The molecule has 109 valence electrons. The molecule has 0 unspecified atom stereocenters. The number of nitrogens with zero attached hydrogens (tertiary/aromatic N) is 1. The number of rotatable bonds is 5. The normalized spacial score (nSPS) is 10.0. The van der Waals surface area contributed by atoms with Crippen LogP contribution in [0.5, 0.6) is 5.75 Å². The summed E-state index contributed by atoms with van der Waals surface area (Å²) in [7, 11) is 3.39. The van der Waals surface area contributed by atoms with Gasteiger partial charge in [0.05, 0.1) is 6.61 Å². The Morgan fingerprint density at radius 1 is 1.19 bits per heavy atom. The van der Waals surface area contributed by atoms with Crippen LogP contribution in [0.4, 0.5) is 0 Å². The fraction of sp³-hybridized carbons (Fsp3) is 0.312. The van der Waals surface area contributed by atoms with Crippen molar-refractivity contribution in [3.05, 3.63) is 52.3 Å². The van der Waals surface area contributed by atoms with Crippen LogP contribution in [0.3, 0.4) is 0 Å². The topological polar surface area (TPSA) is 40.5 Å². The van der Waals surface area contributed by atoms with E-state index < -0.39 is 0 Å². The summed E-state index contributed by atoms with van der Waals surface area (Å²) in [5, 5.41) is 0. The maximum Gasteiger partial charge on any atom is 0.197 e. The molecule has 0 aliphatic carbocycles. The Balaban J connectivity index is 0.00000220. The molecule has 2 rings (SSSR count). The van der Waals surface area contributed by atoms with Gasteiger partial charge in [0.15, 0.2) is 5.56 Å². The van der Waals surface area contributed by atoms with E-state index >= 15 is 0 Å². The Morgan fingerprint density at radius 3 is 2.48 bits per heavy atom. The molecule has 5 heteroatoms. The summed E-state index contributed by atoms with van der Waals surface area (Å²) in [6, 6.07) is 12.5. The molecule has 1 aromatic heterocycles. The molecule has 0 fully saturated rings. The summed E-state index contributed by atoms with van der Waals surface area (Å²) < 4.78 is 12.0. The van der Waals surface area contributed by atoms with Gasteiger partial charge in [-0.05, 0) is 12.1 Å². The molecule has 21 heavy (non-hydrogen) atoms. The van der Waals surface area contributed by atoms with Crippen molar-refractivity contribution in [1.29, 1.82) is 0 Å². The monoisotopic (exact) mass is 361 g/mol. The van der Waals surface area contributed by atoms with E-state index in [0.29, 0.717) is 18.8 Å². The third-order valence-corrected chi connectivity index (χ3v) is 3.09. The third-order valence-electron chi connectivity index (χ3n) is 3.09. The molecule has 0 atom stereocenters. The SMILES string of the molecule is COCCOc1ccc(-c2[c-]cc(C)c(=O)n2C)cc1.[Y]. The average molecular weight is 361 g/mol. The largest absolute Gasteiger partial charge is 0.491 e. The van der Waals surface area contributed by atoms with Crippen LogP contribution in [-0.2, 0) is 44.5 Å². The number of ether oxygens (including phenoxy) is 2. The Bertz CT molecular complexity index is 635. The fourth-order valence-corrected chi connectivity index (χ4v) is 1.93. The van der Waals surface area contributed by atoms with Crippen molar-refractivity contribution in [3.63, 3.8) is 0 Å². The van der Waals surface area contributed by atoms with Crippen LogP contribution in [-0.4, -0.2) is 24.9 Å². The van der Waals surface area contributed by atoms with Crippen LogP contribution >= 0.6 is 0 Å². The van der Waals surface area contributed by atoms with Crippen LogP contribution < -0.4 is 10.3 Å². The van der Waals surface area contributed by atoms with E-state index in [-0.39, 0.29) is 38.3 Å². The van der Waals surface area contributed by atoms with Gasteiger partial charge in [0, 0.05) is 46.9 Å². The van der Waals surface area contributed by atoms with E-state index in [0.717, 1.165) is 17.0 Å². The first-order valence-corrected chi connectivity index (χ1v) is 6.44. The Labute approximate surface area is 150 Å². The first kappa shape index (κ1) is 18.1. The number of benzene rings is 1. The van der Waals surface area contributed by atoms with Gasteiger partial charge in [0.1, 0.15) is 12.4 Å². The van der Waals surface area contributed by atoms with Gasteiger partial charge in [-0.25, -0.2) is 0 Å². The van der Waals surface area contributed by atoms with E-state index in [1.807, 2.05) is 24.3 Å². The molecule has 0 spiro atoms. The fourth-order valence-electron chi connectivity index (χ4n) is 1.93. The van der Waals surface area contributed by atoms with E-state index in [2.05, 4.69) is 6.07 Å². The molecule has 0 aliphatic rings. The van der Waals surface area contributed by atoms with E-state index in [4.69, 9.17) is 9.47 Å². The predicted molar refractivity (Wildman–Crippen MR) is 78.1 cm³/mol. The van der Waals surface area contributed by atoms with Crippen molar-refractivity contribution < 1.29 is 42.2 Å². The van der Waals surface area contributed by atoms with Gasteiger partial charge in [0.25, 0.3) is 0 Å². The van der Waals surface area contributed by atoms with Crippen LogP contribution in [0.25, 0.3) is 11.3 Å². The Kier molecular flexibility index (Phi) is 7.29. The number of hydrogen-bond donors (Lipinski definition) is 0. The summed E-state index contributed by atoms with van der Waals surface area (Å²) in [5.41, 5.74) is 2.39. The summed E-state index contributed by atoms with van der Waals surface area (Å²) in [4.78, 5) is 11.9. The molecule has 0 aliphatic heterocycles. The summed E-state index contributed by atoms with van der Waals surface area (Å²) in [6.45, 7) is 2.86. The van der Waals surface area contributed by atoms with E-state index in [9.17, 15) is 4.79 Å². The Hall–Kier alpha value is -0.966. The molecule has 4 nitrogen and oxygen atoms in total. The molecular weight excluding hydrogens is 343 g/mol. The van der Waals surface area contributed by atoms with Gasteiger partial charge in [-0.1, -0.05) is 23.7 Å². The van der Waals surface area contributed by atoms with Gasteiger partial charge in [-0.2, -0.15) is 12.1 Å². The molecule has 0 bridgehead atoms. The summed E-state index contributed by atoms with van der Waals surface area (Å²) in [5.74, 6) is 0.780. The summed E-state index contributed by atoms with van der Waals surface area (Å²) >= 11 is 0. The van der Waals surface area contributed by atoms with Gasteiger partial charge < -0.3 is 14.0 Å². The minimum atomic E-state index is -0.000768. The maximum absolute atomic E-state index is 11.9. The van der Waals surface area contributed by atoms with Gasteiger partial charge in [0.2, 0.25) is 0 Å². The molecule has 1 heterocycles. The van der Waals surface area contributed by atoms with Crippen LogP contribution in [0.15, 0.2) is 35.1 Å². The molecule has 2 aromatic rings. The van der Waals surface area contributed by atoms with Crippen molar-refractivity contribution in [2.45, 2.75) is 6.92 Å². The smallest absolute Gasteiger partial charge is 0.197 e. The number of aryl methyl sites for hydroxylation is 1. The van der Waals surface area contributed by atoms with Crippen LogP contribution in [0.1, 0.15) is 5.56 Å². The number of pyridine rings is 1. The van der Waals surface area contributed by atoms with Gasteiger partial charge in [-0.3, -0.25) is 4.79 Å². The number of methoxy groups -OCH3 is 1. The van der Waals surface area contributed by atoms with Crippen molar-refractivity contribution in [2.75, 3.05) is 20.3 Å². The number of hydrogen-bond acceptors (Lipinski definition) is 3. The quantitative estimate of drug-likeness (QED) is 0.606. The first-order valence-electron chi connectivity index (χ1n) is 6.44. The molecule has 0 saturated carbocycles. The minimum absolute atomic E-state index is 0. The predicted octanol–water partition coefficient (Wildman–Crippen LogP) is 2.18. The van der Waals surface area contributed by atoms with E-state index in [1.54, 1.807) is 31.7 Å². The van der Waals surface area contributed by atoms with E-state index in [1.165, 1.54) is 0 Å². The maximum atomic E-state index is 11.9. The summed E-state index contributed by atoms with van der Waals surface area (Å²) in [6.07, 6.45) is 0. The average Bonchev–Trinajstić information content (AvgIpc) is 2.46. The van der Waals surface area contributed by atoms with Crippen molar-refractivity contribution in [2.24, 2.45) is 7.05 Å². The second kappa shape index (κ2) is 8.47. The second-order valence-corrected chi connectivity index (χ2v) is 4.55. The Morgan fingerprint density at radius 2 is 1.86 bits per heavy atom. The molecule has 0 saturated heterocycles. The molecule has 1 aromatic carbocycles. The zero-order chi connectivity index (χ0) is 14.5. The molecular formula is C16H18NO3Y-. The molecule has 1 radical (unpaired) electrons.